The van der Waals surface area contributed by atoms with E-state index in [-0.39, 0.29) is 5.91 Å². The van der Waals surface area contributed by atoms with Crippen molar-refractivity contribution >= 4 is 34.6 Å². The minimum absolute atomic E-state index is 0.111. The third-order valence-electron chi connectivity index (χ3n) is 3.57. The maximum absolute atomic E-state index is 11.9. The molecule has 0 saturated carbocycles. The molecule has 0 atom stereocenters. The monoisotopic (exact) mass is 325 g/mol. The van der Waals surface area contributed by atoms with Gasteiger partial charge < -0.3 is 4.98 Å². The second-order valence-electron chi connectivity index (χ2n) is 5.20. The van der Waals surface area contributed by atoms with Crippen LogP contribution >= 0.6 is 11.6 Å². The molecule has 0 spiro atoms. The van der Waals surface area contributed by atoms with Gasteiger partial charge in [-0.1, -0.05) is 41.9 Å². The maximum atomic E-state index is 11.9. The van der Waals surface area contributed by atoms with Crippen LogP contribution in [0.25, 0.3) is 10.9 Å². The lowest BCUT2D eigenvalue weighted by atomic mass is 10.1. The number of aromatic amines is 1. The molecule has 2 aromatic carbocycles. The quantitative estimate of drug-likeness (QED) is 0.542. The molecule has 116 valence electrons. The minimum atomic E-state index is -0.111. The molecule has 3 aromatic rings. The van der Waals surface area contributed by atoms with Crippen molar-refractivity contribution in [3.05, 3.63) is 70.9 Å². The normalized spacial score (nSPS) is 11.2. The number of nitrogens with zero attached hydrogens (tertiary/aromatic N) is 1. The average Bonchev–Trinajstić information content (AvgIpc) is 2.98. The molecule has 0 aliphatic rings. The number of benzene rings is 2. The molecule has 3 rings (SSSR count). The number of carbonyl (C=O) groups excluding carboxylic acids is 1. The van der Waals surface area contributed by atoms with Gasteiger partial charge in [0.25, 0.3) is 0 Å². The second-order valence-corrected chi connectivity index (χ2v) is 5.64. The summed E-state index contributed by atoms with van der Waals surface area (Å²) in [5.41, 5.74) is 5.65. The summed E-state index contributed by atoms with van der Waals surface area (Å²) in [4.78, 5) is 15.1. The lowest BCUT2D eigenvalue weighted by molar-refractivity contribution is -0.121. The van der Waals surface area contributed by atoms with Crippen LogP contribution in [0.15, 0.2) is 59.8 Å². The van der Waals surface area contributed by atoms with Crippen LogP contribution in [0.2, 0.25) is 5.02 Å². The van der Waals surface area contributed by atoms with Gasteiger partial charge in [0.05, 0.1) is 6.21 Å². The van der Waals surface area contributed by atoms with E-state index in [1.54, 1.807) is 18.3 Å². The molecular weight excluding hydrogens is 310 g/mol. The lowest BCUT2D eigenvalue weighted by Crippen LogP contribution is -2.17. The Morgan fingerprint density at radius 3 is 2.78 bits per heavy atom. The lowest BCUT2D eigenvalue weighted by Gasteiger charge is -2.00. The van der Waals surface area contributed by atoms with E-state index in [9.17, 15) is 4.79 Å². The van der Waals surface area contributed by atoms with Gasteiger partial charge in [-0.15, -0.1) is 0 Å². The number of H-pyrrole nitrogens is 1. The van der Waals surface area contributed by atoms with E-state index in [2.05, 4.69) is 21.6 Å². The van der Waals surface area contributed by atoms with Gasteiger partial charge in [-0.05, 0) is 35.7 Å². The predicted octanol–water partition coefficient (Wildman–Crippen LogP) is 3.90. The molecule has 0 aliphatic heterocycles. The molecule has 1 amide bonds. The Labute approximate surface area is 139 Å². The first-order chi connectivity index (χ1) is 11.2. The first-order valence-electron chi connectivity index (χ1n) is 7.35. The molecule has 0 unspecified atom stereocenters. The average molecular weight is 326 g/mol. The summed E-state index contributed by atoms with van der Waals surface area (Å²) >= 11 is 5.81. The van der Waals surface area contributed by atoms with Crippen molar-refractivity contribution < 1.29 is 4.79 Å². The highest BCUT2D eigenvalue weighted by Gasteiger charge is 2.05. The number of aromatic nitrogens is 1. The molecular formula is C18H16ClN3O. The maximum Gasteiger partial charge on any atom is 0.240 e. The van der Waals surface area contributed by atoms with Gasteiger partial charge >= 0.3 is 0 Å². The predicted molar refractivity (Wildman–Crippen MR) is 93.8 cm³/mol. The number of amides is 1. The standard InChI is InChI=1S/C18H16ClN3O/c19-15-8-5-13(6-9-15)11-21-22-18(23)10-7-14-12-20-17-4-2-1-3-16(14)17/h1-6,8-9,11-12,20H,7,10H2,(H,22,23)/b21-11-. The van der Waals surface area contributed by atoms with E-state index >= 15 is 0 Å². The number of fused-ring (bicyclic) bond motifs is 1. The van der Waals surface area contributed by atoms with Crippen LogP contribution in [-0.4, -0.2) is 17.1 Å². The number of hydrogen-bond acceptors (Lipinski definition) is 2. The topological polar surface area (TPSA) is 57.2 Å². The van der Waals surface area contributed by atoms with E-state index < -0.39 is 0 Å². The molecule has 0 fully saturated rings. The van der Waals surface area contributed by atoms with Gasteiger partial charge in [-0.25, -0.2) is 5.43 Å². The van der Waals surface area contributed by atoms with E-state index in [1.165, 1.54) is 0 Å². The SMILES string of the molecule is O=C(CCc1c[nH]c2ccccc12)N/N=C\c1ccc(Cl)cc1. The van der Waals surface area contributed by atoms with Crippen LogP contribution < -0.4 is 5.43 Å². The number of aryl methyl sites for hydroxylation is 1. The van der Waals surface area contributed by atoms with Crippen LogP contribution in [0.3, 0.4) is 0 Å². The zero-order chi connectivity index (χ0) is 16.1. The number of halogens is 1. The summed E-state index contributed by atoms with van der Waals surface area (Å²) in [6.45, 7) is 0. The fourth-order valence-corrected chi connectivity index (χ4v) is 2.50. The highest BCUT2D eigenvalue weighted by molar-refractivity contribution is 6.30. The summed E-state index contributed by atoms with van der Waals surface area (Å²) in [5, 5.41) is 5.79. The van der Waals surface area contributed by atoms with Crippen LogP contribution in [0, 0.1) is 0 Å². The Morgan fingerprint density at radius 1 is 1.17 bits per heavy atom. The van der Waals surface area contributed by atoms with Gasteiger partial charge in [0.15, 0.2) is 0 Å². The Bertz CT molecular complexity index is 837. The van der Waals surface area contributed by atoms with Crippen LogP contribution in [0.1, 0.15) is 17.5 Å². The zero-order valence-corrected chi connectivity index (χ0v) is 13.2. The van der Waals surface area contributed by atoms with E-state index in [0.717, 1.165) is 22.0 Å². The summed E-state index contributed by atoms with van der Waals surface area (Å²) < 4.78 is 0. The summed E-state index contributed by atoms with van der Waals surface area (Å²) in [7, 11) is 0. The third-order valence-corrected chi connectivity index (χ3v) is 3.82. The van der Waals surface area contributed by atoms with Crippen LogP contribution in [0.4, 0.5) is 0 Å². The molecule has 0 aliphatic carbocycles. The van der Waals surface area contributed by atoms with E-state index in [1.807, 2.05) is 36.5 Å². The number of rotatable bonds is 5. The molecule has 1 heterocycles. The summed E-state index contributed by atoms with van der Waals surface area (Å²) in [6, 6.07) is 15.3. The number of carbonyl (C=O) groups is 1. The minimum Gasteiger partial charge on any atom is -0.361 e. The Balaban J connectivity index is 1.52. The second kappa shape index (κ2) is 7.11. The highest BCUT2D eigenvalue weighted by Crippen LogP contribution is 2.18. The smallest absolute Gasteiger partial charge is 0.240 e. The van der Waals surface area contributed by atoms with Crippen molar-refractivity contribution in [3.8, 4) is 0 Å². The zero-order valence-electron chi connectivity index (χ0n) is 12.4. The van der Waals surface area contributed by atoms with E-state index in [0.29, 0.717) is 17.9 Å². The first-order valence-corrected chi connectivity index (χ1v) is 7.72. The van der Waals surface area contributed by atoms with Crippen molar-refractivity contribution in [2.24, 2.45) is 5.10 Å². The van der Waals surface area contributed by atoms with Crippen molar-refractivity contribution in [1.82, 2.24) is 10.4 Å². The van der Waals surface area contributed by atoms with Gasteiger partial charge in [-0.2, -0.15) is 5.10 Å². The molecule has 1 aromatic heterocycles. The Morgan fingerprint density at radius 2 is 1.96 bits per heavy atom. The van der Waals surface area contributed by atoms with Gasteiger partial charge in [-0.3, -0.25) is 4.79 Å². The fraction of sp³-hybridized carbons (Fsp3) is 0.111. The van der Waals surface area contributed by atoms with Gasteiger partial charge in [0, 0.05) is 28.5 Å². The third kappa shape index (κ3) is 3.99. The highest BCUT2D eigenvalue weighted by atomic mass is 35.5. The Hall–Kier alpha value is -2.59. The summed E-state index contributed by atoms with van der Waals surface area (Å²) in [5.74, 6) is -0.111. The molecule has 0 radical (unpaired) electrons. The number of hydrogen-bond donors (Lipinski definition) is 2. The van der Waals surface area contributed by atoms with Crippen LogP contribution in [0.5, 0.6) is 0 Å². The number of para-hydroxylation sites is 1. The molecule has 0 bridgehead atoms. The largest absolute Gasteiger partial charge is 0.361 e. The molecule has 5 heteroatoms. The first kappa shape index (κ1) is 15.3. The molecule has 2 N–H and O–H groups in total. The number of hydrazone groups is 1. The van der Waals surface area contributed by atoms with Crippen molar-refractivity contribution in [2.75, 3.05) is 0 Å². The molecule has 4 nitrogen and oxygen atoms in total. The fourth-order valence-electron chi connectivity index (χ4n) is 2.37. The van der Waals surface area contributed by atoms with Crippen molar-refractivity contribution in [3.63, 3.8) is 0 Å². The van der Waals surface area contributed by atoms with Gasteiger partial charge in [0.1, 0.15) is 0 Å². The summed E-state index contributed by atoms with van der Waals surface area (Å²) in [6.07, 6.45) is 4.61. The number of nitrogens with one attached hydrogen (secondary N) is 2. The van der Waals surface area contributed by atoms with Crippen LogP contribution in [-0.2, 0) is 11.2 Å². The van der Waals surface area contributed by atoms with Gasteiger partial charge in [0.2, 0.25) is 5.91 Å². The van der Waals surface area contributed by atoms with Crippen molar-refractivity contribution in [1.29, 1.82) is 0 Å². The van der Waals surface area contributed by atoms with Crippen molar-refractivity contribution in [2.45, 2.75) is 12.8 Å². The Kier molecular flexibility index (Phi) is 4.74. The van der Waals surface area contributed by atoms with E-state index in [4.69, 9.17) is 11.6 Å². The molecule has 23 heavy (non-hydrogen) atoms. The molecule has 0 saturated heterocycles.